The summed E-state index contributed by atoms with van der Waals surface area (Å²) < 4.78 is 0. The highest BCUT2D eigenvalue weighted by Crippen LogP contribution is 2.29. The summed E-state index contributed by atoms with van der Waals surface area (Å²) in [4.78, 5) is 0. The second-order valence-electron chi connectivity index (χ2n) is 4.39. The number of halogens is 4. The molecule has 0 aliphatic heterocycles. The van der Waals surface area contributed by atoms with Gasteiger partial charge in [0.1, 0.15) is 0 Å². The van der Waals surface area contributed by atoms with Gasteiger partial charge in [0.05, 0.1) is 0 Å². The molecule has 0 nitrogen and oxygen atoms in total. The fourth-order valence-electron chi connectivity index (χ4n) is 1.72. The number of hydrogen-bond donors (Lipinski definition) is 0. The summed E-state index contributed by atoms with van der Waals surface area (Å²) in [6, 6.07) is 2.04. The molecule has 0 heterocycles. The minimum absolute atomic E-state index is 0.794. The van der Waals surface area contributed by atoms with E-state index < -0.39 is 13.4 Å². The Morgan fingerprint density at radius 2 is 1.12 bits per heavy atom. The van der Waals surface area contributed by atoms with Crippen molar-refractivity contribution < 1.29 is 0 Å². The lowest BCUT2D eigenvalue weighted by Gasteiger charge is -2.20. The monoisotopic (exact) mass is 338 g/mol. The largest absolute Gasteiger partial charge is 0.341 e. The SMILES string of the molecule is CC[Si](Cl)(CC)CCCCCC[Si](Cl)(Cl)Cl. The van der Waals surface area contributed by atoms with Gasteiger partial charge in [0.25, 0.3) is 0 Å². The second kappa shape index (κ2) is 8.65. The summed E-state index contributed by atoms with van der Waals surface area (Å²) >= 11 is 24.0. The fourth-order valence-corrected chi connectivity index (χ4v) is 6.07. The summed E-state index contributed by atoms with van der Waals surface area (Å²) in [6.07, 6.45) is 4.71. The Morgan fingerprint density at radius 1 is 0.688 bits per heavy atom. The van der Waals surface area contributed by atoms with Crippen molar-refractivity contribution in [1.29, 1.82) is 0 Å². The first-order chi connectivity index (χ1) is 7.33. The summed E-state index contributed by atoms with van der Waals surface area (Å²) in [7, 11) is -1.39. The first-order valence-electron chi connectivity index (χ1n) is 6.08. The lowest BCUT2D eigenvalue weighted by molar-refractivity contribution is 0.695. The molecular weight excluding hydrogens is 318 g/mol. The maximum absolute atomic E-state index is 6.58. The molecule has 16 heavy (non-hydrogen) atoms. The van der Waals surface area contributed by atoms with Crippen LogP contribution in [0.3, 0.4) is 0 Å². The molecule has 0 saturated carbocycles. The van der Waals surface area contributed by atoms with E-state index in [1.807, 2.05) is 0 Å². The molecule has 0 N–H and O–H groups in total. The highest BCUT2D eigenvalue weighted by molar-refractivity contribution is 7.64. The van der Waals surface area contributed by atoms with Crippen LogP contribution in [-0.2, 0) is 0 Å². The second-order valence-corrected chi connectivity index (χ2v) is 20.3. The van der Waals surface area contributed by atoms with Gasteiger partial charge in [-0.15, -0.1) is 33.2 Å². The van der Waals surface area contributed by atoms with Crippen LogP contribution in [0.25, 0.3) is 0 Å². The third-order valence-corrected chi connectivity index (χ3v) is 11.7. The van der Waals surface area contributed by atoms with Crippen LogP contribution in [0, 0.1) is 0 Å². The number of hydrogen-bond acceptors (Lipinski definition) is 0. The molecule has 0 unspecified atom stereocenters. The molecule has 0 aromatic heterocycles. The Morgan fingerprint density at radius 3 is 1.50 bits per heavy atom. The molecule has 0 bridgehead atoms. The van der Waals surface area contributed by atoms with Crippen LogP contribution < -0.4 is 0 Å². The number of unbranched alkanes of at least 4 members (excludes halogenated alkanes) is 3. The topological polar surface area (TPSA) is 0 Å². The lowest BCUT2D eigenvalue weighted by atomic mass is 10.2. The van der Waals surface area contributed by atoms with E-state index in [9.17, 15) is 0 Å². The zero-order valence-electron chi connectivity index (χ0n) is 10.2. The molecule has 0 fully saturated rings. The molecule has 98 valence electrons. The first-order valence-corrected chi connectivity index (χ1v) is 15.0. The van der Waals surface area contributed by atoms with Crippen molar-refractivity contribution in [2.45, 2.75) is 63.7 Å². The van der Waals surface area contributed by atoms with E-state index in [2.05, 4.69) is 13.8 Å². The average Bonchev–Trinajstić information content (AvgIpc) is 2.21. The van der Waals surface area contributed by atoms with Gasteiger partial charge >= 0.3 is 6.00 Å². The van der Waals surface area contributed by atoms with Gasteiger partial charge in [-0.3, -0.25) is 0 Å². The van der Waals surface area contributed by atoms with Crippen LogP contribution >= 0.6 is 44.3 Å². The molecule has 6 heteroatoms. The van der Waals surface area contributed by atoms with Crippen molar-refractivity contribution in [3.63, 3.8) is 0 Å². The Kier molecular flexibility index (Phi) is 9.52. The van der Waals surface area contributed by atoms with Crippen molar-refractivity contribution in [3.8, 4) is 0 Å². The van der Waals surface area contributed by atoms with E-state index in [0.29, 0.717) is 0 Å². The molecule has 0 saturated heterocycles. The van der Waals surface area contributed by atoms with Gasteiger partial charge in [-0.1, -0.05) is 39.5 Å². The normalized spacial score (nSPS) is 13.1. The quantitative estimate of drug-likeness (QED) is 0.258. The lowest BCUT2D eigenvalue weighted by Crippen LogP contribution is -2.23. The minimum atomic E-state index is -2.37. The maximum atomic E-state index is 6.58. The van der Waals surface area contributed by atoms with Crippen molar-refractivity contribution in [1.82, 2.24) is 0 Å². The van der Waals surface area contributed by atoms with Crippen LogP contribution in [-0.4, -0.2) is 13.4 Å². The Hall–Kier alpha value is 1.59. The number of rotatable bonds is 9. The predicted molar refractivity (Wildman–Crippen MR) is 84.0 cm³/mol. The highest BCUT2D eigenvalue weighted by atomic mass is 35.8. The third-order valence-electron chi connectivity index (χ3n) is 3.10. The van der Waals surface area contributed by atoms with Gasteiger partial charge in [-0.25, -0.2) is 0 Å². The summed E-state index contributed by atoms with van der Waals surface area (Å²) in [5.74, 6) is 0. The zero-order valence-corrected chi connectivity index (χ0v) is 15.2. The van der Waals surface area contributed by atoms with Gasteiger partial charge in [-0.05, 0) is 24.2 Å². The van der Waals surface area contributed by atoms with Crippen LogP contribution in [0.2, 0.25) is 24.2 Å². The molecule has 0 aromatic rings. The van der Waals surface area contributed by atoms with Gasteiger partial charge in [-0.2, -0.15) is 11.1 Å². The summed E-state index contributed by atoms with van der Waals surface area (Å²) in [5, 5.41) is 0. The Balaban J connectivity index is 3.47. The Labute approximate surface area is 121 Å². The highest BCUT2D eigenvalue weighted by Gasteiger charge is 2.26. The van der Waals surface area contributed by atoms with Gasteiger partial charge in [0.2, 0.25) is 0 Å². The maximum Gasteiger partial charge on any atom is 0.341 e. The van der Waals surface area contributed by atoms with Crippen LogP contribution in [0.1, 0.15) is 39.5 Å². The molecule has 0 rings (SSSR count). The van der Waals surface area contributed by atoms with Crippen molar-refractivity contribution in [3.05, 3.63) is 0 Å². The average molecular weight is 340 g/mol. The summed E-state index contributed by atoms with van der Waals surface area (Å²) in [6.45, 7) is 4.44. The standard InChI is InChI=1S/C10H22Cl4Si2/c1-3-15(11,4-2)9-7-5-6-8-10-16(12,13)14/h3-10H2,1-2H3. The van der Waals surface area contributed by atoms with E-state index in [1.165, 1.54) is 37.4 Å². The van der Waals surface area contributed by atoms with Crippen LogP contribution in [0.4, 0.5) is 0 Å². The van der Waals surface area contributed by atoms with Crippen molar-refractivity contribution >= 4 is 57.7 Å². The van der Waals surface area contributed by atoms with Crippen molar-refractivity contribution in [2.24, 2.45) is 0 Å². The van der Waals surface area contributed by atoms with Gasteiger partial charge in [0, 0.05) is 0 Å². The third kappa shape index (κ3) is 9.61. The van der Waals surface area contributed by atoms with Crippen LogP contribution in [0.5, 0.6) is 0 Å². The molecule has 0 aliphatic rings. The van der Waals surface area contributed by atoms with E-state index in [0.717, 1.165) is 12.5 Å². The predicted octanol–water partition coefficient (Wildman–Crippen LogP) is 6.43. The van der Waals surface area contributed by atoms with E-state index in [4.69, 9.17) is 44.3 Å². The summed E-state index contributed by atoms with van der Waals surface area (Å²) in [5.41, 5.74) is 0. The zero-order chi connectivity index (χ0) is 12.7. The van der Waals surface area contributed by atoms with Gasteiger partial charge in [0.15, 0.2) is 7.38 Å². The smallest absolute Gasteiger partial charge is 0.167 e. The molecule has 0 spiro atoms. The molecule has 0 aliphatic carbocycles. The van der Waals surface area contributed by atoms with E-state index in [-0.39, 0.29) is 0 Å². The van der Waals surface area contributed by atoms with E-state index in [1.54, 1.807) is 0 Å². The molecular formula is C10H22Cl4Si2. The molecule has 0 aromatic carbocycles. The van der Waals surface area contributed by atoms with Gasteiger partial charge < -0.3 is 0 Å². The molecule has 0 amide bonds. The first kappa shape index (κ1) is 17.6. The van der Waals surface area contributed by atoms with Crippen molar-refractivity contribution in [2.75, 3.05) is 0 Å². The Bertz CT molecular complexity index is 178. The van der Waals surface area contributed by atoms with Crippen LogP contribution in [0.15, 0.2) is 0 Å². The fraction of sp³-hybridized carbons (Fsp3) is 1.00. The minimum Gasteiger partial charge on any atom is -0.167 e. The van der Waals surface area contributed by atoms with E-state index >= 15 is 0 Å². The molecule has 0 atom stereocenters. The molecule has 0 radical (unpaired) electrons.